The Morgan fingerprint density at radius 1 is 1.35 bits per heavy atom. The van der Waals surface area contributed by atoms with Crippen LogP contribution in [0.4, 0.5) is 0 Å². The first-order valence-corrected chi connectivity index (χ1v) is 8.04. The van der Waals surface area contributed by atoms with Crippen LogP contribution < -0.4 is 10.6 Å². The van der Waals surface area contributed by atoms with Gasteiger partial charge in [-0.2, -0.15) is 0 Å². The first-order chi connectivity index (χ1) is 9.76. The summed E-state index contributed by atoms with van der Waals surface area (Å²) in [7, 11) is 2.20. The first kappa shape index (κ1) is 17.2. The fourth-order valence-electron chi connectivity index (χ4n) is 2.51. The van der Waals surface area contributed by atoms with Gasteiger partial charge >= 0.3 is 0 Å². The molecular weight excluding hydrogens is 252 g/mol. The fourth-order valence-corrected chi connectivity index (χ4v) is 2.51. The highest BCUT2D eigenvalue weighted by Crippen LogP contribution is 2.14. The number of ether oxygens (including phenoxy) is 1. The summed E-state index contributed by atoms with van der Waals surface area (Å²) in [6, 6.07) is 0. The van der Waals surface area contributed by atoms with Gasteiger partial charge in [0.15, 0.2) is 5.96 Å². The maximum Gasteiger partial charge on any atom is 0.191 e. The van der Waals surface area contributed by atoms with Crippen molar-refractivity contribution >= 4 is 5.96 Å². The molecule has 0 aliphatic carbocycles. The molecule has 0 bridgehead atoms. The van der Waals surface area contributed by atoms with E-state index in [1.807, 2.05) is 6.92 Å². The molecule has 5 heteroatoms. The number of likely N-dealkylation sites (tertiary alicyclic amines) is 1. The molecule has 1 rings (SSSR count). The van der Waals surface area contributed by atoms with Crippen molar-refractivity contribution in [3.05, 3.63) is 0 Å². The molecule has 0 spiro atoms. The molecule has 1 heterocycles. The van der Waals surface area contributed by atoms with E-state index >= 15 is 0 Å². The number of aliphatic imine (C=N–C) groups is 1. The zero-order chi connectivity index (χ0) is 14.6. The molecule has 0 radical (unpaired) electrons. The van der Waals surface area contributed by atoms with Crippen molar-refractivity contribution in [2.75, 3.05) is 53.0 Å². The highest BCUT2D eigenvalue weighted by Gasteiger charge is 2.16. The van der Waals surface area contributed by atoms with Crippen molar-refractivity contribution in [1.82, 2.24) is 15.5 Å². The Morgan fingerprint density at radius 2 is 2.20 bits per heavy atom. The van der Waals surface area contributed by atoms with Crippen LogP contribution in [0.3, 0.4) is 0 Å². The van der Waals surface area contributed by atoms with E-state index in [0.717, 1.165) is 45.2 Å². The topological polar surface area (TPSA) is 48.9 Å². The number of piperidine rings is 1. The van der Waals surface area contributed by atoms with Crippen molar-refractivity contribution < 1.29 is 4.74 Å². The van der Waals surface area contributed by atoms with Crippen molar-refractivity contribution in [3.8, 4) is 0 Å². The van der Waals surface area contributed by atoms with Gasteiger partial charge < -0.3 is 20.3 Å². The summed E-state index contributed by atoms with van der Waals surface area (Å²) >= 11 is 0. The Balaban J connectivity index is 2.26. The van der Waals surface area contributed by atoms with E-state index in [0.29, 0.717) is 5.92 Å². The summed E-state index contributed by atoms with van der Waals surface area (Å²) in [5.41, 5.74) is 0. The molecule has 1 aliphatic rings. The van der Waals surface area contributed by atoms with Crippen molar-refractivity contribution in [1.29, 1.82) is 0 Å². The highest BCUT2D eigenvalue weighted by atomic mass is 16.5. The van der Waals surface area contributed by atoms with Gasteiger partial charge in [-0.05, 0) is 52.6 Å². The minimum Gasteiger partial charge on any atom is -0.382 e. The number of nitrogens with zero attached hydrogens (tertiary/aromatic N) is 2. The van der Waals surface area contributed by atoms with E-state index in [9.17, 15) is 0 Å². The third-order valence-electron chi connectivity index (χ3n) is 3.54. The van der Waals surface area contributed by atoms with E-state index in [-0.39, 0.29) is 0 Å². The minimum atomic E-state index is 0.702. The molecule has 1 fully saturated rings. The van der Waals surface area contributed by atoms with Crippen LogP contribution in [0.5, 0.6) is 0 Å². The number of nitrogens with one attached hydrogen (secondary N) is 2. The summed E-state index contributed by atoms with van der Waals surface area (Å²) in [5.74, 6) is 1.64. The van der Waals surface area contributed by atoms with Crippen LogP contribution in [0.2, 0.25) is 0 Å². The van der Waals surface area contributed by atoms with E-state index in [1.54, 1.807) is 0 Å². The van der Waals surface area contributed by atoms with Gasteiger partial charge in [0.25, 0.3) is 0 Å². The van der Waals surface area contributed by atoms with Gasteiger partial charge in [0, 0.05) is 39.4 Å². The van der Waals surface area contributed by atoms with Crippen molar-refractivity contribution in [3.63, 3.8) is 0 Å². The van der Waals surface area contributed by atoms with Crippen LogP contribution in [-0.4, -0.2) is 63.8 Å². The van der Waals surface area contributed by atoms with Gasteiger partial charge in [-0.25, -0.2) is 0 Å². The lowest BCUT2D eigenvalue weighted by Gasteiger charge is -2.28. The quantitative estimate of drug-likeness (QED) is 0.401. The van der Waals surface area contributed by atoms with Crippen molar-refractivity contribution in [2.45, 2.75) is 33.1 Å². The normalized spacial score (nSPS) is 20.9. The van der Waals surface area contributed by atoms with Gasteiger partial charge in [-0.1, -0.05) is 0 Å². The van der Waals surface area contributed by atoms with E-state index in [1.165, 1.54) is 25.9 Å². The van der Waals surface area contributed by atoms with Gasteiger partial charge in [-0.3, -0.25) is 4.99 Å². The molecular formula is C15H32N4O. The van der Waals surface area contributed by atoms with E-state index in [2.05, 4.69) is 29.5 Å². The molecule has 0 amide bonds. The SMILES string of the molecule is CCNC(=NCC1CCCN(C)C1)NCCCOCC. The molecule has 2 N–H and O–H groups in total. The molecule has 0 aromatic carbocycles. The molecule has 118 valence electrons. The Morgan fingerprint density at radius 3 is 2.90 bits per heavy atom. The lowest BCUT2D eigenvalue weighted by atomic mass is 9.99. The standard InChI is InChI=1S/C15H32N4O/c1-4-16-15(17-9-7-11-20-5-2)18-12-14-8-6-10-19(3)13-14/h14H,4-13H2,1-3H3,(H2,16,17,18). The Hall–Kier alpha value is -0.810. The zero-order valence-corrected chi connectivity index (χ0v) is 13.5. The summed E-state index contributed by atoms with van der Waals surface area (Å²) < 4.78 is 5.34. The third-order valence-corrected chi connectivity index (χ3v) is 3.54. The molecule has 1 unspecified atom stereocenters. The van der Waals surface area contributed by atoms with Crippen molar-refractivity contribution in [2.24, 2.45) is 10.9 Å². The van der Waals surface area contributed by atoms with Gasteiger partial charge in [-0.15, -0.1) is 0 Å². The van der Waals surface area contributed by atoms with Crippen LogP contribution >= 0.6 is 0 Å². The van der Waals surface area contributed by atoms with Crippen LogP contribution in [0.1, 0.15) is 33.1 Å². The smallest absolute Gasteiger partial charge is 0.191 e. The molecule has 1 saturated heterocycles. The predicted octanol–water partition coefficient (Wildman–Crippen LogP) is 1.31. The van der Waals surface area contributed by atoms with Crippen LogP contribution in [0.15, 0.2) is 4.99 Å². The average molecular weight is 284 g/mol. The fraction of sp³-hybridized carbons (Fsp3) is 0.933. The molecule has 0 aromatic heterocycles. The largest absolute Gasteiger partial charge is 0.382 e. The zero-order valence-electron chi connectivity index (χ0n) is 13.5. The van der Waals surface area contributed by atoms with Crippen LogP contribution in [0.25, 0.3) is 0 Å². The molecule has 1 atom stereocenters. The number of hydrogen-bond acceptors (Lipinski definition) is 3. The molecule has 0 aromatic rings. The van der Waals surface area contributed by atoms with Gasteiger partial charge in [0.1, 0.15) is 0 Å². The van der Waals surface area contributed by atoms with Gasteiger partial charge in [0.05, 0.1) is 0 Å². The monoisotopic (exact) mass is 284 g/mol. The van der Waals surface area contributed by atoms with Gasteiger partial charge in [0.2, 0.25) is 0 Å². The van der Waals surface area contributed by atoms with E-state index in [4.69, 9.17) is 9.73 Å². The summed E-state index contributed by atoms with van der Waals surface area (Å²) in [4.78, 5) is 7.13. The number of guanidine groups is 1. The maximum absolute atomic E-state index is 5.34. The average Bonchev–Trinajstić information content (AvgIpc) is 2.44. The number of rotatable bonds is 8. The van der Waals surface area contributed by atoms with Crippen LogP contribution in [0, 0.1) is 5.92 Å². The Bertz CT molecular complexity index is 271. The maximum atomic E-state index is 5.34. The molecule has 0 saturated carbocycles. The Kier molecular flexibility index (Phi) is 9.41. The van der Waals surface area contributed by atoms with E-state index < -0.39 is 0 Å². The second kappa shape index (κ2) is 10.9. The lowest BCUT2D eigenvalue weighted by molar-refractivity contribution is 0.145. The minimum absolute atomic E-state index is 0.702. The molecule has 5 nitrogen and oxygen atoms in total. The lowest BCUT2D eigenvalue weighted by Crippen LogP contribution is -2.39. The Labute approximate surface area is 124 Å². The van der Waals surface area contributed by atoms with Crippen LogP contribution in [-0.2, 0) is 4.74 Å². The summed E-state index contributed by atoms with van der Waals surface area (Å²) in [6.45, 7) is 10.9. The summed E-state index contributed by atoms with van der Waals surface area (Å²) in [5, 5.41) is 6.68. The molecule has 20 heavy (non-hydrogen) atoms. The second-order valence-electron chi connectivity index (χ2n) is 5.47. The first-order valence-electron chi connectivity index (χ1n) is 8.04. The molecule has 1 aliphatic heterocycles. The highest BCUT2D eigenvalue weighted by molar-refractivity contribution is 5.79. The third kappa shape index (κ3) is 7.70. The number of hydrogen-bond donors (Lipinski definition) is 2. The summed E-state index contributed by atoms with van der Waals surface area (Å²) in [6.07, 6.45) is 3.62. The second-order valence-corrected chi connectivity index (χ2v) is 5.47. The predicted molar refractivity (Wildman–Crippen MR) is 85.3 cm³/mol.